The fraction of sp³-hybridized carbons (Fsp3) is 0.611. The number of carbonyl (C=O) groups excluding carboxylic acids is 1. The van der Waals surface area contributed by atoms with Crippen LogP contribution < -0.4 is 5.32 Å². The van der Waals surface area contributed by atoms with Crippen LogP contribution >= 0.6 is 0 Å². The molecular formula is C18H25NO. The van der Waals surface area contributed by atoms with E-state index in [1.54, 1.807) is 0 Å². The van der Waals surface area contributed by atoms with E-state index in [0.29, 0.717) is 12.6 Å². The Balaban J connectivity index is 1.51. The Morgan fingerprint density at radius 2 is 2.00 bits per heavy atom. The van der Waals surface area contributed by atoms with Crippen molar-refractivity contribution in [3.8, 4) is 0 Å². The van der Waals surface area contributed by atoms with Crippen molar-refractivity contribution in [1.29, 1.82) is 0 Å². The fourth-order valence-corrected chi connectivity index (χ4v) is 4.15. The van der Waals surface area contributed by atoms with Gasteiger partial charge in [0.25, 0.3) is 0 Å². The highest BCUT2D eigenvalue weighted by atomic mass is 16.1. The molecule has 2 nitrogen and oxygen atoms in total. The molecule has 0 aliphatic heterocycles. The van der Waals surface area contributed by atoms with Crippen molar-refractivity contribution in [2.45, 2.75) is 45.6 Å². The second-order valence-electron chi connectivity index (χ2n) is 6.80. The fourth-order valence-electron chi connectivity index (χ4n) is 4.15. The maximum absolute atomic E-state index is 12.2. The van der Waals surface area contributed by atoms with E-state index in [9.17, 15) is 4.79 Å². The molecule has 108 valence electrons. The summed E-state index contributed by atoms with van der Waals surface area (Å²) < 4.78 is 0. The van der Waals surface area contributed by atoms with E-state index in [1.165, 1.54) is 31.2 Å². The molecule has 2 saturated carbocycles. The molecule has 0 heterocycles. The molecule has 0 spiro atoms. The van der Waals surface area contributed by atoms with E-state index >= 15 is 0 Å². The van der Waals surface area contributed by atoms with Crippen molar-refractivity contribution in [3.05, 3.63) is 35.4 Å². The molecule has 3 rings (SSSR count). The number of benzene rings is 1. The summed E-state index contributed by atoms with van der Waals surface area (Å²) in [6.07, 6.45) is 5.66. The average molecular weight is 271 g/mol. The lowest BCUT2D eigenvalue weighted by Gasteiger charge is -2.28. The molecule has 0 aromatic heterocycles. The van der Waals surface area contributed by atoms with Gasteiger partial charge in [0.15, 0.2) is 5.78 Å². The number of carbonyl (C=O) groups is 1. The molecule has 2 heteroatoms. The van der Waals surface area contributed by atoms with Crippen molar-refractivity contribution in [1.82, 2.24) is 5.32 Å². The van der Waals surface area contributed by atoms with Crippen LogP contribution in [0.3, 0.4) is 0 Å². The molecular weight excluding hydrogens is 246 g/mol. The SMILES string of the molecule is Cc1ccc(C(=O)CNC(C)C2CC3CCC2C3)cc1. The largest absolute Gasteiger partial charge is 0.307 e. The second kappa shape index (κ2) is 5.69. The Morgan fingerprint density at radius 1 is 1.25 bits per heavy atom. The van der Waals surface area contributed by atoms with Crippen LogP contribution in [0.15, 0.2) is 24.3 Å². The Hall–Kier alpha value is -1.15. The molecule has 2 fully saturated rings. The van der Waals surface area contributed by atoms with Crippen LogP contribution in [0.4, 0.5) is 0 Å². The Morgan fingerprint density at radius 3 is 2.60 bits per heavy atom. The Labute approximate surface area is 122 Å². The van der Waals surface area contributed by atoms with Gasteiger partial charge in [-0.3, -0.25) is 4.79 Å². The monoisotopic (exact) mass is 271 g/mol. The van der Waals surface area contributed by atoms with Crippen LogP contribution in [-0.4, -0.2) is 18.4 Å². The number of Topliss-reactive ketones (excluding diaryl/α,β-unsaturated/α-hetero) is 1. The normalized spacial score (nSPS) is 29.6. The van der Waals surface area contributed by atoms with E-state index in [4.69, 9.17) is 0 Å². The number of hydrogen-bond acceptors (Lipinski definition) is 2. The van der Waals surface area contributed by atoms with Crippen LogP contribution in [0.2, 0.25) is 0 Å². The van der Waals surface area contributed by atoms with Crippen LogP contribution in [0.1, 0.15) is 48.5 Å². The van der Waals surface area contributed by atoms with Gasteiger partial charge in [0.1, 0.15) is 0 Å². The number of hydrogen-bond donors (Lipinski definition) is 1. The standard InChI is InChI=1S/C18H25NO/c1-12-3-6-15(7-4-12)18(20)11-19-13(2)17-10-14-5-8-16(17)9-14/h3-4,6-7,13-14,16-17,19H,5,8-11H2,1-2H3. The van der Waals surface area contributed by atoms with E-state index in [-0.39, 0.29) is 5.78 Å². The zero-order chi connectivity index (χ0) is 14.1. The van der Waals surface area contributed by atoms with Gasteiger partial charge in [-0.05, 0) is 50.9 Å². The first-order valence-electron chi connectivity index (χ1n) is 7.96. The molecule has 0 amide bonds. The smallest absolute Gasteiger partial charge is 0.176 e. The van der Waals surface area contributed by atoms with Gasteiger partial charge >= 0.3 is 0 Å². The molecule has 4 unspecified atom stereocenters. The number of fused-ring (bicyclic) bond motifs is 2. The third-order valence-corrected chi connectivity index (χ3v) is 5.39. The Kier molecular flexibility index (Phi) is 3.93. The van der Waals surface area contributed by atoms with Crippen molar-refractivity contribution in [3.63, 3.8) is 0 Å². The van der Waals surface area contributed by atoms with Gasteiger partial charge in [-0.2, -0.15) is 0 Å². The molecule has 0 saturated heterocycles. The molecule has 2 aliphatic carbocycles. The van der Waals surface area contributed by atoms with E-state index < -0.39 is 0 Å². The lowest BCUT2D eigenvalue weighted by atomic mass is 9.84. The zero-order valence-corrected chi connectivity index (χ0v) is 12.6. The van der Waals surface area contributed by atoms with Gasteiger partial charge in [0, 0.05) is 11.6 Å². The summed E-state index contributed by atoms with van der Waals surface area (Å²) in [6.45, 7) is 4.77. The number of rotatable bonds is 5. The predicted molar refractivity (Wildman–Crippen MR) is 81.9 cm³/mol. The lowest BCUT2D eigenvalue weighted by molar-refractivity contribution is 0.0981. The van der Waals surface area contributed by atoms with Crippen molar-refractivity contribution in [2.24, 2.45) is 17.8 Å². The summed E-state index contributed by atoms with van der Waals surface area (Å²) in [7, 11) is 0. The summed E-state index contributed by atoms with van der Waals surface area (Å²) in [5, 5.41) is 3.47. The van der Waals surface area contributed by atoms with Gasteiger partial charge in [-0.1, -0.05) is 36.2 Å². The summed E-state index contributed by atoms with van der Waals surface area (Å²) >= 11 is 0. The highest BCUT2D eigenvalue weighted by Crippen LogP contribution is 2.49. The molecule has 1 aromatic carbocycles. The highest BCUT2D eigenvalue weighted by molar-refractivity contribution is 5.97. The lowest BCUT2D eigenvalue weighted by Crippen LogP contribution is -2.39. The van der Waals surface area contributed by atoms with Gasteiger partial charge < -0.3 is 5.32 Å². The molecule has 0 radical (unpaired) electrons. The highest BCUT2D eigenvalue weighted by Gasteiger charge is 2.41. The quantitative estimate of drug-likeness (QED) is 0.829. The molecule has 20 heavy (non-hydrogen) atoms. The van der Waals surface area contributed by atoms with Gasteiger partial charge in [0.2, 0.25) is 0 Å². The molecule has 1 N–H and O–H groups in total. The van der Waals surface area contributed by atoms with E-state index in [1.807, 2.05) is 31.2 Å². The topological polar surface area (TPSA) is 29.1 Å². The predicted octanol–water partition coefficient (Wildman–Crippen LogP) is 3.59. The first-order valence-corrected chi connectivity index (χ1v) is 7.96. The number of nitrogens with one attached hydrogen (secondary N) is 1. The minimum atomic E-state index is 0.208. The maximum atomic E-state index is 12.2. The van der Waals surface area contributed by atoms with Crippen LogP contribution in [0, 0.1) is 24.7 Å². The minimum Gasteiger partial charge on any atom is -0.307 e. The Bertz CT molecular complexity index is 479. The summed E-state index contributed by atoms with van der Waals surface area (Å²) in [5.41, 5.74) is 2.02. The molecule has 4 atom stereocenters. The second-order valence-corrected chi connectivity index (χ2v) is 6.80. The molecule has 2 aliphatic rings. The average Bonchev–Trinajstić information content (AvgIpc) is 3.08. The summed E-state index contributed by atoms with van der Waals surface area (Å²) in [6, 6.07) is 8.35. The van der Waals surface area contributed by atoms with Crippen LogP contribution in [-0.2, 0) is 0 Å². The zero-order valence-electron chi connectivity index (χ0n) is 12.6. The van der Waals surface area contributed by atoms with Gasteiger partial charge in [-0.25, -0.2) is 0 Å². The van der Waals surface area contributed by atoms with Crippen LogP contribution in [0.5, 0.6) is 0 Å². The first kappa shape index (κ1) is 13.8. The number of ketones is 1. The van der Waals surface area contributed by atoms with Crippen LogP contribution in [0.25, 0.3) is 0 Å². The van der Waals surface area contributed by atoms with Gasteiger partial charge in [0.05, 0.1) is 6.54 Å². The summed E-state index contributed by atoms with van der Waals surface area (Å²) in [5.74, 6) is 2.89. The van der Waals surface area contributed by atoms with Gasteiger partial charge in [-0.15, -0.1) is 0 Å². The minimum absolute atomic E-state index is 0.208. The van der Waals surface area contributed by atoms with E-state index in [0.717, 1.165) is 23.3 Å². The summed E-state index contributed by atoms with van der Waals surface area (Å²) in [4.78, 5) is 12.2. The molecule has 2 bridgehead atoms. The molecule has 1 aromatic rings. The maximum Gasteiger partial charge on any atom is 0.176 e. The van der Waals surface area contributed by atoms with E-state index in [2.05, 4.69) is 12.2 Å². The first-order chi connectivity index (χ1) is 9.63. The van der Waals surface area contributed by atoms with Crippen molar-refractivity contribution < 1.29 is 4.79 Å². The number of aryl methyl sites for hydroxylation is 1. The van der Waals surface area contributed by atoms with Crippen molar-refractivity contribution >= 4 is 5.78 Å². The third kappa shape index (κ3) is 2.80. The third-order valence-electron chi connectivity index (χ3n) is 5.39. The van der Waals surface area contributed by atoms with Crippen molar-refractivity contribution in [2.75, 3.05) is 6.54 Å².